The van der Waals surface area contributed by atoms with Gasteiger partial charge in [-0.25, -0.2) is 0 Å². The Bertz CT molecular complexity index is 605. The van der Waals surface area contributed by atoms with Gasteiger partial charge in [-0.15, -0.1) is 0 Å². The zero-order chi connectivity index (χ0) is 12.5. The minimum absolute atomic E-state index is 0. The maximum Gasteiger partial charge on any atom is -1.00 e. The molecule has 0 fully saturated rings. The van der Waals surface area contributed by atoms with Crippen LogP contribution >= 0.6 is 0 Å². The number of hydrogen-bond acceptors (Lipinski definition) is 0. The van der Waals surface area contributed by atoms with Crippen molar-refractivity contribution in [3.63, 3.8) is 0 Å². The third-order valence-electron chi connectivity index (χ3n) is 3.50. The van der Waals surface area contributed by atoms with Crippen molar-refractivity contribution in [2.45, 2.75) is 23.9 Å². The molecular formula is C17H17Cl2Zr. The van der Waals surface area contributed by atoms with E-state index in [1.165, 1.54) is 5.56 Å². The van der Waals surface area contributed by atoms with Gasteiger partial charge >= 0.3 is 121 Å². The predicted molar refractivity (Wildman–Crippen MR) is 75.4 cm³/mol. The summed E-state index contributed by atoms with van der Waals surface area (Å²) in [5, 5.41) is 0. The van der Waals surface area contributed by atoms with E-state index in [0.717, 1.165) is 10.0 Å². The summed E-state index contributed by atoms with van der Waals surface area (Å²) in [5.74, 6) is 0. The molecule has 0 saturated carbocycles. The summed E-state index contributed by atoms with van der Waals surface area (Å²) in [6, 6.07) is 8.94. The average molecular weight is 383 g/mol. The molecule has 0 heterocycles. The van der Waals surface area contributed by atoms with E-state index in [1.54, 1.807) is 19.9 Å². The van der Waals surface area contributed by atoms with Crippen molar-refractivity contribution < 1.29 is 47.6 Å². The summed E-state index contributed by atoms with van der Waals surface area (Å²) >= 11 is -0.491. The van der Waals surface area contributed by atoms with Crippen molar-refractivity contribution in [3.8, 4) is 0 Å². The van der Waals surface area contributed by atoms with E-state index in [2.05, 4.69) is 62.4 Å². The Morgan fingerprint density at radius 3 is 2.55 bits per heavy atom. The largest absolute Gasteiger partial charge is 1.00 e. The van der Waals surface area contributed by atoms with E-state index < -0.39 is 22.8 Å². The Labute approximate surface area is 144 Å². The van der Waals surface area contributed by atoms with Crippen LogP contribution in [0.1, 0.15) is 35.0 Å². The first-order valence-corrected chi connectivity index (χ1v) is 9.14. The van der Waals surface area contributed by atoms with Crippen LogP contribution in [-0.4, -0.2) is 3.21 Å². The van der Waals surface area contributed by atoms with Gasteiger partial charge in [0.2, 0.25) is 0 Å². The number of benzene rings is 1. The minimum atomic E-state index is -0.491. The SMILES string of the molecule is C[C](C)=[Zr+2][CH]1C(C2=CC=CC2)=Cc2ccccc21.[Cl-].[Cl-]. The van der Waals surface area contributed by atoms with E-state index >= 15 is 0 Å². The number of rotatable bonds is 2. The Hall–Kier alpha value is -0.227. The van der Waals surface area contributed by atoms with Gasteiger partial charge in [-0.05, 0) is 0 Å². The first kappa shape index (κ1) is 17.8. The van der Waals surface area contributed by atoms with Crippen LogP contribution in [0.15, 0.2) is 53.6 Å². The van der Waals surface area contributed by atoms with Gasteiger partial charge in [0.25, 0.3) is 0 Å². The average Bonchev–Trinajstić information content (AvgIpc) is 2.96. The molecule has 20 heavy (non-hydrogen) atoms. The number of allylic oxidation sites excluding steroid dienone is 5. The van der Waals surface area contributed by atoms with E-state index in [-0.39, 0.29) is 24.8 Å². The van der Waals surface area contributed by atoms with Crippen LogP contribution in [0.2, 0.25) is 0 Å². The molecule has 2 aliphatic carbocycles. The monoisotopic (exact) mass is 381 g/mol. The standard InChI is InChI=1S/C14H11.C3H6.2ClH.Zr/c1-2-6-11(5-1)14-9-12-7-3-4-8-13(12)10-14;1-3-2;;;/h1-5,7-10H,6H2;1-2H3;2*1H;/q;;;;+2/p-2. The summed E-state index contributed by atoms with van der Waals surface area (Å²) < 4.78 is 2.42. The first-order chi connectivity index (χ1) is 8.75. The van der Waals surface area contributed by atoms with E-state index in [4.69, 9.17) is 0 Å². The van der Waals surface area contributed by atoms with Gasteiger partial charge in [-0.1, -0.05) is 0 Å². The van der Waals surface area contributed by atoms with Gasteiger partial charge in [0.05, 0.1) is 0 Å². The third kappa shape index (κ3) is 3.50. The fourth-order valence-electron chi connectivity index (χ4n) is 2.71. The van der Waals surface area contributed by atoms with Crippen molar-refractivity contribution in [2.75, 3.05) is 0 Å². The second-order valence-electron chi connectivity index (χ2n) is 5.13. The second kappa shape index (κ2) is 7.69. The summed E-state index contributed by atoms with van der Waals surface area (Å²) in [5.41, 5.74) is 6.17. The molecule has 0 N–H and O–H groups in total. The molecule has 0 saturated heterocycles. The Morgan fingerprint density at radius 2 is 1.90 bits per heavy atom. The molecular weight excluding hydrogens is 366 g/mol. The Kier molecular flexibility index (Phi) is 6.85. The Morgan fingerprint density at radius 1 is 1.15 bits per heavy atom. The molecule has 3 rings (SSSR count). The molecule has 0 aromatic heterocycles. The summed E-state index contributed by atoms with van der Waals surface area (Å²) in [7, 11) is 0. The van der Waals surface area contributed by atoms with Crippen molar-refractivity contribution in [3.05, 3.63) is 64.8 Å². The number of hydrogen-bond donors (Lipinski definition) is 0. The zero-order valence-corrected chi connectivity index (χ0v) is 15.6. The molecule has 1 unspecified atom stereocenters. The maximum atomic E-state index is 2.43. The molecule has 0 bridgehead atoms. The van der Waals surface area contributed by atoms with Gasteiger partial charge in [-0.2, -0.15) is 0 Å². The maximum absolute atomic E-state index is 2.43. The van der Waals surface area contributed by atoms with Gasteiger partial charge in [0.15, 0.2) is 0 Å². The van der Waals surface area contributed by atoms with Crippen molar-refractivity contribution in [1.82, 2.24) is 0 Å². The van der Waals surface area contributed by atoms with Crippen LogP contribution in [0.25, 0.3) is 6.08 Å². The Balaban J connectivity index is 0.000001000. The summed E-state index contributed by atoms with van der Waals surface area (Å²) in [6.45, 7) is 4.62. The molecule has 1 aromatic carbocycles. The molecule has 0 amide bonds. The quantitative estimate of drug-likeness (QED) is 0.572. The fourth-order valence-corrected chi connectivity index (χ4v) is 6.20. The normalized spacial score (nSPS) is 18.2. The summed E-state index contributed by atoms with van der Waals surface area (Å²) in [6.07, 6.45) is 10.3. The second-order valence-corrected chi connectivity index (χ2v) is 9.72. The van der Waals surface area contributed by atoms with Crippen LogP contribution in [-0.2, 0) is 22.8 Å². The molecule has 1 aromatic rings. The number of fused-ring (bicyclic) bond motifs is 1. The van der Waals surface area contributed by atoms with Crippen LogP contribution in [0, 0.1) is 0 Å². The molecule has 0 nitrogen and oxygen atoms in total. The zero-order valence-electron chi connectivity index (χ0n) is 11.7. The van der Waals surface area contributed by atoms with Gasteiger partial charge < -0.3 is 24.8 Å². The molecule has 0 spiro atoms. The predicted octanol–water partition coefficient (Wildman–Crippen LogP) is -1.69. The third-order valence-corrected chi connectivity index (χ3v) is 7.16. The first-order valence-electron chi connectivity index (χ1n) is 6.49. The van der Waals surface area contributed by atoms with Crippen LogP contribution in [0.3, 0.4) is 0 Å². The van der Waals surface area contributed by atoms with Crippen molar-refractivity contribution in [2.24, 2.45) is 0 Å². The smallest absolute Gasteiger partial charge is 1.00 e. The molecule has 103 valence electrons. The molecule has 3 heteroatoms. The van der Waals surface area contributed by atoms with E-state index in [0.29, 0.717) is 0 Å². The van der Waals surface area contributed by atoms with Crippen LogP contribution in [0.5, 0.6) is 0 Å². The fraction of sp³-hybridized carbons (Fsp3) is 0.235. The van der Waals surface area contributed by atoms with Crippen molar-refractivity contribution >= 4 is 9.28 Å². The number of halogens is 2. The van der Waals surface area contributed by atoms with Gasteiger partial charge in [0, 0.05) is 0 Å². The molecule has 0 aliphatic heterocycles. The van der Waals surface area contributed by atoms with Crippen LogP contribution < -0.4 is 24.8 Å². The van der Waals surface area contributed by atoms with Crippen LogP contribution in [0.4, 0.5) is 0 Å². The van der Waals surface area contributed by atoms with Gasteiger partial charge in [0.1, 0.15) is 0 Å². The van der Waals surface area contributed by atoms with Gasteiger partial charge in [-0.3, -0.25) is 0 Å². The minimum Gasteiger partial charge on any atom is -1.00 e. The molecule has 0 radical (unpaired) electrons. The summed E-state index contributed by atoms with van der Waals surface area (Å²) in [4.78, 5) is 0. The van der Waals surface area contributed by atoms with E-state index in [9.17, 15) is 0 Å². The van der Waals surface area contributed by atoms with Crippen molar-refractivity contribution in [1.29, 1.82) is 0 Å². The molecule has 1 atom stereocenters. The topological polar surface area (TPSA) is 0 Å². The molecule has 2 aliphatic rings. The van der Waals surface area contributed by atoms with E-state index in [1.807, 2.05) is 0 Å².